The van der Waals surface area contributed by atoms with Crippen LogP contribution in [0.4, 0.5) is 0 Å². The molecular formula is C24H41IN4O3. The fourth-order valence-corrected chi connectivity index (χ4v) is 4.31. The standard InChI is InChI=1S/C24H40N4O3.HI/c1-18(2)14-19(3)31-23-15-20(7-10-26-23)16-27-24(25-4)28-11-8-21(9-12-28)30-17-22-6-5-13-29-22;/h7,10,15,18-19,21-22H,5-6,8-9,11-14,16-17H2,1-4H3,(H,25,27);1H. The molecule has 2 fully saturated rings. The molecule has 1 N–H and O–H groups in total. The van der Waals surface area contributed by atoms with Crippen molar-refractivity contribution >= 4 is 29.9 Å². The number of likely N-dealkylation sites (tertiary alicyclic amines) is 1. The molecule has 0 saturated carbocycles. The molecule has 0 spiro atoms. The van der Waals surface area contributed by atoms with Crippen LogP contribution < -0.4 is 10.1 Å². The molecule has 32 heavy (non-hydrogen) atoms. The molecule has 3 heterocycles. The van der Waals surface area contributed by atoms with E-state index in [1.807, 2.05) is 25.4 Å². The van der Waals surface area contributed by atoms with Crippen molar-refractivity contribution in [1.82, 2.24) is 15.2 Å². The van der Waals surface area contributed by atoms with Gasteiger partial charge in [0, 0.05) is 45.6 Å². The Hall–Kier alpha value is -1.13. The first kappa shape index (κ1) is 27.1. The van der Waals surface area contributed by atoms with Gasteiger partial charge in [0.25, 0.3) is 0 Å². The molecule has 8 heteroatoms. The van der Waals surface area contributed by atoms with Gasteiger partial charge in [0.15, 0.2) is 5.96 Å². The fourth-order valence-electron chi connectivity index (χ4n) is 4.31. The van der Waals surface area contributed by atoms with Crippen molar-refractivity contribution in [2.24, 2.45) is 10.9 Å². The molecule has 0 radical (unpaired) electrons. The molecular weight excluding hydrogens is 519 g/mol. The number of ether oxygens (including phenoxy) is 3. The Labute approximate surface area is 210 Å². The number of hydrogen-bond acceptors (Lipinski definition) is 5. The molecule has 0 amide bonds. The molecule has 182 valence electrons. The predicted octanol–water partition coefficient (Wildman–Crippen LogP) is 4.25. The number of nitrogens with one attached hydrogen (secondary N) is 1. The van der Waals surface area contributed by atoms with Crippen LogP contribution in [0.2, 0.25) is 0 Å². The second kappa shape index (κ2) is 14.2. The summed E-state index contributed by atoms with van der Waals surface area (Å²) in [6.45, 7) is 10.7. The summed E-state index contributed by atoms with van der Waals surface area (Å²) >= 11 is 0. The lowest BCUT2D eigenvalue weighted by Gasteiger charge is -2.34. The molecule has 2 aliphatic rings. The van der Waals surface area contributed by atoms with E-state index in [4.69, 9.17) is 14.2 Å². The largest absolute Gasteiger partial charge is 0.475 e. The maximum atomic E-state index is 6.09. The van der Waals surface area contributed by atoms with Crippen molar-refractivity contribution in [3.05, 3.63) is 23.9 Å². The van der Waals surface area contributed by atoms with E-state index >= 15 is 0 Å². The number of halogens is 1. The topological polar surface area (TPSA) is 68.2 Å². The van der Waals surface area contributed by atoms with Crippen LogP contribution in [0.25, 0.3) is 0 Å². The Balaban J connectivity index is 0.00000363. The number of piperidine rings is 1. The first-order chi connectivity index (χ1) is 15.0. The summed E-state index contributed by atoms with van der Waals surface area (Å²) in [4.78, 5) is 11.2. The van der Waals surface area contributed by atoms with E-state index in [0.717, 1.165) is 69.9 Å². The second-order valence-electron chi connectivity index (χ2n) is 9.12. The molecule has 0 aromatic carbocycles. The smallest absolute Gasteiger partial charge is 0.213 e. The SMILES string of the molecule is CN=C(NCc1ccnc(OC(C)CC(C)C)c1)N1CCC(OCC2CCCO2)CC1.I. The summed E-state index contributed by atoms with van der Waals surface area (Å²) in [5, 5.41) is 3.49. The molecule has 7 nitrogen and oxygen atoms in total. The average Bonchev–Trinajstić information content (AvgIpc) is 3.27. The van der Waals surface area contributed by atoms with Crippen LogP contribution in [0.3, 0.4) is 0 Å². The van der Waals surface area contributed by atoms with Gasteiger partial charge in [-0.1, -0.05) is 13.8 Å². The minimum Gasteiger partial charge on any atom is -0.475 e. The Morgan fingerprint density at radius 1 is 1.28 bits per heavy atom. The summed E-state index contributed by atoms with van der Waals surface area (Å²) in [5.74, 6) is 2.23. The van der Waals surface area contributed by atoms with E-state index in [0.29, 0.717) is 30.6 Å². The minimum atomic E-state index is 0. The van der Waals surface area contributed by atoms with Gasteiger partial charge in [0.05, 0.1) is 24.9 Å². The van der Waals surface area contributed by atoms with E-state index in [2.05, 4.69) is 41.0 Å². The lowest BCUT2D eigenvalue weighted by atomic mass is 10.1. The van der Waals surface area contributed by atoms with E-state index in [-0.39, 0.29) is 30.1 Å². The first-order valence-electron chi connectivity index (χ1n) is 11.8. The van der Waals surface area contributed by atoms with Gasteiger partial charge in [-0.05, 0) is 56.6 Å². The fraction of sp³-hybridized carbons (Fsp3) is 0.750. The monoisotopic (exact) mass is 560 g/mol. The highest BCUT2D eigenvalue weighted by atomic mass is 127. The summed E-state index contributed by atoms with van der Waals surface area (Å²) in [6.07, 6.45) is 7.96. The maximum absolute atomic E-state index is 6.09. The lowest BCUT2D eigenvalue weighted by Crippen LogP contribution is -2.47. The third kappa shape index (κ3) is 9.02. The number of nitrogens with zero attached hydrogens (tertiary/aromatic N) is 3. The van der Waals surface area contributed by atoms with Crippen molar-refractivity contribution in [3.8, 4) is 5.88 Å². The molecule has 2 aliphatic heterocycles. The number of hydrogen-bond donors (Lipinski definition) is 1. The van der Waals surface area contributed by atoms with E-state index in [9.17, 15) is 0 Å². The van der Waals surface area contributed by atoms with Crippen LogP contribution >= 0.6 is 24.0 Å². The zero-order valence-corrected chi connectivity index (χ0v) is 22.4. The van der Waals surface area contributed by atoms with Gasteiger partial charge in [0.2, 0.25) is 5.88 Å². The molecule has 0 aliphatic carbocycles. The van der Waals surface area contributed by atoms with Gasteiger partial charge in [-0.25, -0.2) is 4.98 Å². The Morgan fingerprint density at radius 3 is 2.72 bits per heavy atom. The van der Waals surface area contributed by atoms with Crippen LogP contribution in [0.15, 0.2) is 23.3 Å². The second-order valence-corrected chi connectivity index (χ2v) is 9.12. The van der Waals surface area contributed by atoms with Gasteiger partial charge in [-0.3, -0.25) is 4.99 Å². The summed E-state index contributed by atoms with van der Waals surface area (Å²) in [6, 6.07) is 4.04. The third-order valence-corrected chi connectivity index (χ3v) is 5.87. The number of guanidine groups is 1. The van der Waals surface area contributed by atoms with Crippen LogP contribution in [0.5, 0.6) is 5.88 Å². The molecule has 0 bridgehead atoms. The highest BCUT2D eigenvalue weighted by molar-refractivity contribution is 14.0. The molecule has 2 saturated heterocycles. The number of aliphatic imine (C=N–C) groups is 1. The molecule has 1 aromatic rings. The molecule has 2 atom stereocenters. The van der Waals surface area contributed by atoms with Crippen LogP contribution in [-0.2, 0) is 16.0 Å². The summed E-state index contributed by atoms with van der Waals surface area (Å²) in [5.41, 5.74) is 1.14. The maximum Gasteiger partial charge on any atom is 0.213 e. The van der Waals surface area contributed by atoms with Gasteiger partial charge in [0.1, 0.15) is 0 Å². The van der Waals surface area contributed by atoms with E-state index in [1.54, 1.807) is 0 Å². The van der Waals surface area contributed by atoms with Crippen molar-refractivity contribution in [1.29, 1.82) is 0 Å². The summed E-state index contributed by atoms with van der Waals surface area (Å²) in [7, 11) is 1.84. The van der Waals surface area contributed by atoms with Crippen LogP contribution in [-0.4, -0.2) is 67.5 Å². The van der Waals surface area contributed by atoms with Gasteiger partial charge >= 0.3 is 0 Å². The van der Waals surface area contributed by atoms with Gasteiger partial charge in [-0.2, -0.15) is 0 Å². The zero-order valence-electron chi connectivity index (χ0n) is 20.1. The normalized spacial score (nSPS) is 20.8. The Bertz CT molecular complexity index is 690. The van der Waals surface area contributed by atoms with E-state index < -0.39 is 0 Å². The highest BCUT2D eigenvalue weighted by Gasteiger charge is 2.24. The zero-order chi connectivity index (χ0) is 22.1. The third-order valence-electron chi connectivity index (χ3n) is 5.87. The highest BCUT2D eigenvalue weighted by Crippen LogP contribution is 2.18. The van der Waals surface area contributed by atoms with Crippen LogP contribution in [0.1, 0.15) is 58.4 Å². The van der Waals surface area contributed by atoms with Crippen LogP contribution in [0, 0.1) is 5.92 Å². The van der Waals surface area contributed by atoms with Crippen molar-refractivity contribution in [3.63, 3.8) is 0 Å². The quantitative estimate of drug-likeness (QED) is 0.277. The number of aromatic nitrogens is 1. The number of pyridine rings is 1. The molecule has 2 unspecified atom stereocenters. The van der Waals surface area contributed by atoms with E-state index in [1.165, 1.54) is 0 Å². The Morgan fingerprint density at radius 2 is 2.06 bits per heavy atom. The van der Waals surface area contributed by atoms with Crippen molar-refractivity contribution in [2.75, 3.05) is 33.4 Å². The predicted molar refractivity (Wildman–Crippen MR) is 139 cm³/mol. The molecule has 3 rings (SSSR count). The Kier molecular flexibility index (Phi) is 12.0. The van der Waals surface area contributed by atoms with Crippen molar-refractivity contribution < 1.29 is 14.2 Å². The number of rotatable bonds is 9. The lowest BCUT2D eigenvalue weighted by molar-refractivity contribution is -0.0367. The van der Waals surface area contributed by atoms with Crippen molar-refractivity contribution in [2.45, 2.75) is 77.7 Å². The summed E-state index contributed by atoms with van der Waals surface area (Å²) < 4.78 is 17.7. The first-order valence-corrected chi connectivity index (χ1v) is 11.8. The van der Waals surface area contributed by atoms with Gasteiger partial charge < -0.3 is 24.4 Å². The molecule has 1 aromatic heterocycles. The van der Waals surface area contributed by atoms with Gasteiger partial charge in [-0.15, -0.1) is 24.0 Å². The minimum absolute atomic E-state index is 0. The average molecular weight is 561 g/mol.